The molecule has 0 radical (unpaired) electrons. The minimum absolute atomic E-state index is 0.137. The van der Waals surface area contributed by atoms with Gasteiger partial charge in [0.05, 0.1) is 12.2 Å². The molecule has 4 nitrogen and oxygen atoms in total. The molecule has 0 atom stereocenters. The second-order valence-corrected chi connectivity index (χ2v) is 5.58. The summed E-state index contributed by atoms with van der Waals surface area (Å²) < 4.78 is 1.63. The van der Waals surface area contributed by atoms with E-state index in [2.05, 4.69) is 18.8 Å². The van der Waals surface area contributed by atoms with E-state index in [9.17, 15) is 4.79 Å². The Morgan fingerprint density at radius 1 is 1.29 bits per heavy atom. The first-order chi connectivity index (χ1) is 10.0. The number of aryl methyl sites for hydroxylation is 1. The van der Waals surface area contributed by atoms with Crippen molar-refractivity contribution in [3.63, 3.8) is 0 Å². The van der Waals surface area contributed by atoms with Gasteiger partial charge in [-0.2, -0.15) is 5.26 Å². The molecule has 2 aromatic rings. The van der Waals surface area contributed by atoms with Crippen molar-refractivity contribution in [3.05, 3.63) is 63.3 Å². The van der Waals surface area contributed by atoms with E-state index in [-0.39, 0.29) is 11.1 Å². The van der Waals surface area contributed by atoms with E-state index in [1.54, 1.807) is 11.5 Å². The standard InChI is InChI=1S/C17H19N3O/c1-12(2)9-16-19-13(3)15(10-18)17(21)20(16)11-14-7-5-4-6-8-14/h4-8,12H,9,11H2,1-3H3. The zero-order valence-corrected chi connectivity index (χ0v) is 12.6. The number of hydrogen-bond acceptors (Lipinski definition) is 3. The Morgan fingerprint density at radius 3 is 2.52 bits per heavy atom. The van der Waals surface area contributed by atoms with E-state index >= 15 is 0 Å². The summed E-state index contributed by atoms with van der Waals surface area (Å²) in [7, 11) is 0. The van der Waals surface area contributed by atoms with Crippen LogP contribution in [0.3, 0.4) is 0 Å². The first-order valence-corrected chi connectivity index (χ1v) is 7.07. The van der Waals surface area contributed by atoms with Gasteiger partial charge in [0, 0.05) is 6.42 Å². The van der Waals surface area contributed by atoms with Crippen molar-refractivity contribution in [2.24, 2.45) is 5.92 Å². The lowest BCUT2D eigenvalue weighted by Crippen LogP contribution is -2.29. The molecule has 0 fully saturated rings. The second kappa shape index (κ2) is 6.36. The highest BCUT2D eigenvalue weighted by atomic mass is 16.1. The van der Waals surface area contributed by atoms with Crippen molar-refractivity contribution in [2.45, 2.75) is 33.7 Å². The fourth-order valence-corrected chi connectivity index (χ4v) is 2.30. The highest BCUT2D eigenvalue weighted by molar-refractivity contribution is 5.31. The minimum Gasteiger partial charge on any atom is -0.291 e. The van der Waals surface area contributed by atoms with Crippen molar-refractivity contribution >= 4 is 0 Å². The Morgan fingerprint density at radius 2 is 1.95 bits per heavy atom. The van der Waals surface area contributed by atoms with Gasteiger partial charge in [-0.05, 0) is 18.4 Å². The normalized spacial score (nSPS) is 10.6. The monoisotopic (exact) mass is 281 g/mol. The molecule has 2 rings (SSSR count). The molecule has 0 aliphatic heterocycles. The van der Waals surface area contributed by atoms with Crippen LogP contribution >= 0.6 is 0 Å². The average molecular weight is 281 g/mol. The molecule has 1 aromatic carbocycles. The summed E-state index contributed by atoms with van der Waals surface area (Å²) in [6.45, 7) is 6.35. The summed E-state index contributed by atoms with van der Waals surface area (Å²) in [6, 6.07) is 11.7. The van der Waals surface area contributed by atoms with Crippen LogP contribution in [0.15, 0.2) is 35.1 Å². The number of hydrogen-bond donors (Lipinski definition) is 0. The molecular formula is C17H19N3O. The van der Waals surface area contributed by atoms with Gasteiger partial charge < -0.3 is 0 Å². The van der Waals surface area contributed by atoms with Crippen LogP contribution in [-0.4, -0.2) is 9.55 Å². The van der Waals surface area contributed by atoms with Crippen LogP contribution in [0.25, 0.3) is 0 Å². The predicted octanol–water partition coefficient (Wildman–Crippen LogP) is 2.67. The molecule has 1 heterocycles. The molecule has 0 unspecified atom stereocenters. The van der Waals surface area contributed by atoms with Gasteiger partial charge in [-0.25, -0.2) is 4.98 Å². The summed E-state index contributed by atoms with van der Waals surface area (Å²) >= 11 is 0. The summed E-state index contributed by atoms with van der Waals surface area (Å²) in [5.74, 6) is 1.14. The minimum atomic E-state index is -0.246. The van der Waals surface area contributed by atoms with Crippen LogP contribution in [0.4, 0.5) is 0 Å². The lowest BCUT2D eigenvalue weighted by Gasteiger charge is -2.15. The van der Waals surface area contributed by atoms with Gasteiger partial charge in [-0.3, -0.25) is 9.36 Å². The van der Waals surface area contributed by atoms with Crippen LogP contribution in [0.1, 0.15) is 36.5 Å². The van der Waals surface area contributed by atoms with Crippen LogP contribution in [-0.2, 0) is 13.0 Å². The van der Waals surface area contributed by atoms with E-state index < -0.39 is 0 Å². The van der Waals surface area contributed by atoms with Crippen molar-refractivity contribution < 1.29 is 0 Å². The van der Waals surface area contributed by atoms with Crippen LogP contribution in [0, 0.1) is 24.2 Å². The molecule has 0 spiro atoms. The zero-order valence-electron chi connectivity index (χ0n) is 12.6. The Hall–Kier alpha value is -2.41. The molecule has 0 amide bonds. The maximum atomic E-state index is 12.5. The van der Waals surface area contributed by atoms with Gasteiger partial charge >= 0.3 is 0 Å². The lowest BCUT2D eigenvalue weighted by molar-refractivity contribution is 0.565. The zero-order chi connectivity index (χ0) is 15.4. The molecule has 21 heavy (non-hydrogen) atoms. The molecular weight excluding hydrogens is 262 g/mol. The van der Waals surface area contributed by atoms with Gasteiger partial charge in [0.15, 0.2) is 0 Å². The summed E-state index contributed by atoms with van der Waals surface area (Å²) in [5, 5.41) is 9.16. The molecule has 4 heteroatoms. The van der Waals surface area contributed by atoms with Gasteiger partial charge in [0.1, 0.15) is 17.5 Å². The fraction of sp³-hybridized carbons (Fsp3) is 0.353. The van der Waals surface area contributed by atoms with Gasteiger partial charge in [0.2, 0.25) is 0 Å². The summed E-state index contributed by atoms with van der Waals surface area (Å²) in [6.07, 6.45) is 0.717. The highest BCUT2D eigenvalue weighted by Gasteiger charge is 2.15. The molecule has 108 valence electrons. The third kappa shape index (κ3) is 3.38. The Balaban J connectivity index is 2.55. The average Bonchev–Trinajstić information content (AvgIpc) is 2.44. The molecule has 0 aliphatic carbocycles. The SMILES string of the molecule is Cc1nc(CC(C)C)n(Cc2ccccc2)c(=O)c1C#N. The van der Waals surface area contributed by atoms with Gasteiger partial charge in [0.25, 0.3) is 5.56 Å². The molecule has 0 saturated carbocycles. The van der Waals surface area contributed by atoms with Gasteiger partial charge in [-0.15, -0.1) is 0 Å². The van der Waals surface area contributed by atoms with E-state index in [4.69, 9.17) is 5.26 Å². The van der Waals surface area contributed by atoms with E-state index in [1.807, 2.05) is 36.4 Å². The molecule has 0 bridgehead atoms. The van der Waals surface area contributed by atoms with E-state index in [0.29, 0.717) is 24.6 Å². The fourth-order valence-electron chi connectivity index (χ4n) is 2.30. The van der Waals surface area contributed by atoms with Crippen LogP contribution in [0.2, 0.25) is 0 Å². The Labute approximate surface area is 124 Å². The number of nitriles is 1. The quantitative estimate of drug-likeness (QED) is 0.865. The summed E-state index contributed by atoms with van der Waals surface area (Å²) in [4.78, 5) is 17.0. The van der Waals surface area contributed by atoms with Crippen LogP contribution < -0.4 is 5.56 Å². The largest absolute Gasteiger partial charge is 0.291 e. The number of benzene rings is 1. The third-order valence-electron chi connectivity index (χ3n) is 3.32. The van der Waals surface area contributed by atoms with Crippen molar-refractivity contribution in [1.29, 1.82) is 5.26 Å². The maximum absolute atomic E-state index is 12.5. The molecule has 0 aliphatic rings. The first kappa shape index (κ1) is 15.0. The molecule has 0 N–H and O–H groups in total. The lowest BCUT2D eigenvalue weighted by atomic mass is 10.1. The number of nitrogens with zero attached hydrogens (tertiary/aromatic N) is 3. The maximum Gasteiger partial charge on any atom is 0.272 e. The Kier molecular flexibility index (Phi) is 4.54. The van der Waals surface area contributed by atoms with Crippen molar-refractivity contribution in [1.82, 2.24) is 9.55 Å². The van der Waals surface area contributed by atoms with Crippen LogP contribution in [0.5, 0.6) is 0 Å². The third-order valence-corrected chi connectivity index (χ3v) is 3.32. The Bertz CT molecular complexity index is 724. The number of aromatic nitrogens is 2. The molecule has 0 saturated heterocycles. The first-order valence-electron chi connectivity index (χ1n) is 7.07. The second-order valence-electron chi connectivity index (χ2n) is 5.58. The topological polar surface area (TPSA) is 58.7 Å². The number of rotatable bonds is 4. The van der Waals surface area contributed by atoms with Crippen molar-refractivity contribution in [3.8, 4) is 6.07 Å². The van der Waals surface area contributed by atoms with Crippen molar-refractivity contribution in [2.75, 3.05) is 0 Å². The van der Waals surface area contributed by atoms with E-state index in [1.165, 1.54) is 0 Å². The summed E-state index contributed by atoms with van der Waals surface area (Å²) in [5.41, 5.74) is 1.43. The highest BCUT2D eigenvalue weighted by Crippen LogP contribution is 2.10. The van der Waals surface area contributed by atoms with E-state index in [0.717, 1.165) is 11.4 Å². The van der Waals surface area contributed by atoms with Gasteiger partial charge in [-0.1, -0.05) is 44.2 Å². The predicted molar refractivity (Wildman–Crippen MR) is 82.0 cm³/mol. The molecule has 1 aromatic heterocycles. The smallest absolute Gasteiger partial charge is 0.272 e.